The monoisotopic (exact) mass is 205 g/mol. The normalized spacial score (nSPS) is 10.1. The van der Waals surface area contributed by atoms with Crippen molar-refractivity contribution in [2.75, 3.05) is 0 Å². The number of rotatable bonds is 4. The molecule has 1 aromatic carbocycles. The molecule has 0 radical (unpaired) electrons. The molecule has 3 heteroatoms. The predicted octanol–water partition coefficient (Wildman–Crippen LogP) is 1.77. The van der Waals surface area contributed by atoms with Crippen molar-refractivity contribution in [3.8, 4) is 0 Å². The van der Waals surface area contributed by atoms with Gasteiger partial charge in [-0.25, -0.2) is 0 Å². The number of carbonyl (C=O) groups is 2. The van der Waals surface area contributed by atoms with Crippen LogP contribution in [0.15, 0.2) is 24.3 Å². The Morgan fingerprint density at radius 3 is 2.40 bits per heavy atom. The number of amides is 1. The largest absolute Gasteiger partial charge is 0.352 e. The molecular weight excluding hydrogens is 190 g/mol. The minimum absolute atomic E-state index is 0.000696. The molecule has 0 heterocycles. The van der Waals surface area contributed by atoms with E-state index in [-0.39, 0.29) is 11.8 Å². The molecular formula is C12H15NO2. The van der Waals surface area contributed by atoms with Crippen LogP contribution in [-0.4, -0.2) is 12.2 Å². The zero-order chi connectivity index (χ0) is 11.3. The molecule has 0 atom stereocenters. The van der Waals surface area contributed by atoms with Crippen LogP contribution in [-0.2, 0) is 11.3 Å². The highest BCUT2D eigenvalue weighted by molar-refractivity contribution is 5.78. The van der Waals surface area contributed by atoms with E-state index in [4.69, 9.17) is 0 Å². The van der Waals surface area contributed by atoms with Gasteiger partial charge in [-0.3, -0.25) is 9.59 Å². The molecule has 80 valence electrons. The van der Waals surface area contributed by atoms with Gasteiger partial charge in [0, 0.05) is 18.0 Å². The van der Waals surface area contributed by atoms with E-state index in [2.05, 4.69) is 5.32 Å². The first-order valence-electron chi connectivity index (χ1n) is 4.95. The van der Waals surface area contributed by atoms with Gasteiger partial charge in [-0.15, -0.1) is 0 Å². The summed E-state index contributed by atoms with van der Waals surface area (Å²) in [6, 6.07) is 7.16. The van der Waals surface area contributed by atoms with E-state index in [1.807, 2.05) is 26.0 Å². The predicted molar refractivity (Wildman–Crippen MR) is 58.5 cm³/mol. The summed E-state index contributed by atoms with van der Waals surface area (Å²) >= 11 is 0. The average Bonchev–Trinajstić information content (AvgIpc) is 2.26. The fraction of sp³-hybridized carbons (Fsp3) is 0.333. The van der Waals surface area contributed by atoms with Crippen LogP contribution in [0.5, 0.6) is 0 Å². The number of nitrogens with one attached hydrogen (secondary N) is 1. The highest BCUT2D eigenvalue weighted by Crippen LogP contribution is 2.02. The fourth-order valence-electron chi connectivity index (χ4n) is 1.11. The van der Waals surface area contributed by atoms with Crippen molar-refractivity contribution >= 4 is 12.2 Å². The second-order valence-corrected chi connectivity index (χ2v) is 3.73. The highest BCUT2D eigenvalue weighted by Gasteiger charge is 2.05. The van der Waals surface area contributed by atoms with E-state index >= 15 is 0 Å². The Bertz CT molecular complexity index is 341. The van der Waals surface area contributed by atoms with Gasteiger partial charge in [0.05, 0.1) is 0 Å². The lowest BCUT2D eigenvalue weighted by Gasteiger charge is -2.07. The van der Waals surface area contributed by atoms with Gasteiger partial charge in [0.15, 0.2) is 0 Å². The number of hydrogen-bond donors (Lipinski definition) is 1. The highest BCUT2D eigenvalue weighted by atomic mass is 16.1. The molecule has 1 N–H and O–H groups in total. The van der Waals surface area contributed by atoms with Gasteiger partial charge in [0.1, 0.15) is 6.29 Å². The molecule has 0 aliphatic carbocycles. The van der Waals surface area contributed by atoms with Crippen molar-refractivity contribution in [3.05, 3.63) is 35.4 Å². The zero-order valence-electron chi connectivity index (χ0n) is 8.99. The minimum Gasteiger partial charge on any atom is -0.352 e. The van der Waals surface area contributed by atoms with Gasteiger partial charge in [-0.05, 0) is 5.56 Å². The van der Waals surface area contributed by atoms with E-state index in [0.717, 1.165) is 11.8 Å². The van der Waals surface area contributed by atoms with Gasteiger partial charge in [0.2, 0.25) is 5.91 Å². The number of benzene rings is 1. The van der Waals surface area contributed by atoms with Crippen LogP contribution in [0.25, 0.3) is 0 Å². The van der Waals surface area contributed by atoms with Crippen LogP contribution in [0.2, 0.25) is 0 Å². The molecule has 0 saturated heterocycles. The first-order chi connectivity index (χ1) is 7.13. The maximum Gasteiger partial charge on any atom is 0.222 e. The third-order valence-corrected chi connectivity index (χ3v) is 2.11. The van der Waals surface area contributed by atoms with Crippen LogP contribution >= 0.6 is 0 Å². The third kappa shape index (κ3) is 3.54. The number of hydrogen-bond acceptors (Lipinski definition) is 2. The standard InChI is InChI=1S/C12H15NO2/c1-9(2)12(15)13-7-10-3-5-11(8-14)6-4-10/h3-6,8-9H,7H2,1-2H3,(H,13,15). The molecule has 3 nitrogen and oxygen atoms in total. The zero-order valence-corrected chi connectivity index (χ0v) is 8.99. The summed E-state index contributed by atoms with van der Waals surface area (Å²) in [5.74, 6) is 0.0358. The third-order valence-electron chi connectivity index (χ3n) is 2.11. The van der Waals surface area contributed by atoms with Gasteiger partial charge in [-0.1, -0.05) is 38.1 Å². The van der Waals surface area contributed by atoms with Crippen LogP contribution in [0.1, 0.15) is 29.8 Å². The summed E-state index contributed by atoms with van der Waals surface area (Å²) < 4.78 is 0. The molecule has 0 aromatic heterocycles. The van der Waals surface area contributed by atoms with Crippen LogP contribution in [0, 0.1) is 5.92 Å². The summed E-state index contributed by atoms with van der Waals surface area (Å²) in [5.41, 5.74) is 1.64. The van der Waals surface area contributed by atoms with E-state index in [0.29, 0.717) is 12.1 Å². The fourth-order valence-corrected chi connectivity index (χ4v) is 1.11. The van der Waals surface area contributed by atoms with Gasteiger partial charge >= 0.3 is 0 Å². The lowest BCUT2D eigenvalue weighted by atomic mass is 10.1. The van der Waals surface area contributed by atoms with E-state index in [1.54, 1.807) is 12.1 Å². The summed E-state index contributed by atoms with van der Waals surface area (Å²) in [5, 5.41) is 2.81. The SMILES string of the molecule is CC(C)C(=O)NCc1ccc(C=O)cc1. The number of carbonyl (C=O) groups excluding carboxylic acids is 2. The van der Waals surface area contributed by atoms with E-state index in [9.17, 15) is 9.59 Å². The minimum atomic E-state index is -0.000696. The summed E-state index contributed by atoms with van der Waals surface area (Å²) in [6.45, 7) is 4.21. The Morgan fingerprint density at radius 1 is 1.33 bits per heavy atom. The molecule has 0 aliphatic rings. The molecule has 1 amide bonds. The first kappa shape index (κ1) is 11.4. The molecule has 1 rings (SSSR count). The molecule has 15 heavy (non-hydrogen) atoms. The van der Waals surface area contributed by atoms with Crippen molar-refractivity contribution in [1.82, 2.24) is 5.32 Å². The molecule has 0 aliphatic heterocycles. The Labute approximate surface area is 89.5 Å². The molecule has 1 aromatic rings. The summed E-state index contributed by atoms with van der Waals surface area (Å²) in [7, 11) is 0. The smallest absolute Gasteiger partial charge is 0.222 e. The average molecular weight is 205 g/mol. The van der Waals surface area contributed by atoms with E-state index in [1.165, 1.54) is 0 Å². The number of aldehydes is 1. The van der Waals surface area contributed by atoms with Crippen LogP contribution in [0.3, 0.4) is 0 Å². The van der Waals surface area contributed by atoms with Gasteiger partial charge in [-0.2, -0.15) is 0 Å². The molecule has 0 fully saturated rings. The quantitative estimate of drug-likeness (QED) is 0.761. The van der Waals surface area contributed by atoms with Gasteiger partial charge < -0.3 is 5.32 Å². The summed E-state index contributed by atoms with van der Waals surface area (Å²) in [4.78, 5) is 21.7. The van der Waals surface area contributed by atoms with Crippen molar-refractivity contribution in [3.63, 3.8) is 0 Å². The first-order valence-corrected chi connectivity index (χ1v) is 4.95. The topological polar surface area (TPSA) is 46.2 Å². The van der Waals surface area contributed by atoms with Crippen molar-refractivity contribution in [1.29, 1.82) is 0 Å². The maximum absolute atomic E-state index is 11.3. The second-order valence-electron chi connectivity index (χ2n) is 3.73. The molecule has 0 bridgehead atoms. The van der Waals surface area contributed by atoms with Crippen LogP contribution in [0.4, 0.5) is 0 Å². The van der Waals surface area contributed by atoms with E-state index < -0.39 is 0 Å². The lowest BCUT2D eigenvalue weighted by molar-refractivity contribution is -0.124. The Hall–Kier alpha value is -1.64. The summed E-state index contributed by atoms with van der Waals surface area (Å²) in [6.07, 6.45) is 0.802. The van der Waals surface area contributed by atoms with Gasteiger partial charge in [0.25, 0.3) is 0 Å². The molecule has 0 saturated carbocycles. The van der Waals surface area contributed by atoms with Crippen molar-refractivity contribution in [2.24, 2.45) is 5.92 Å². The van der Waals surface area contributed by atoms with Crippen molar-refractivity contribution in [2.45, 2.75) is 20.4 Å². The second kappa shape index (κ2) is 5.29. The van der Waals surface area contributed by atoms with Crippen LogP contribution < -0.4 is 5.32 Å². The maximum atomic E-state index is 11.3. The Morgan fingerprint density at radius 2 is 1.93 bits per heavy atom. The Kier molecular flexibility index (Phi) is 4.03. The molecule has 0 spiro atoms. The molecule has 0 unspecified atom stereocenters. The Balaban J connectivity index is 2.51. The lowest BCUT2D eigenvalue weighted by Crippen LogP contribution is -2.27. The van der Waals surface area contributed by atoms with Crippen molar-refractivity contribution < 1.29 is 9.59 Å².